The van der Waals surface area contributed by atoms with Crippen molar-refractivity contribution in [2.24, 2.45) is 0 Å². The van der Waals surface area contributed by atoms with Gasteiger partial charge in [0.05, 0.1) is 13.1 Å². The lowest BCUT2D eigenvalue weighted by molar-refractivity contribution is -0.122. The summed E-state index contributed by atoms with van der Waals surface area (Å²) in [6.07, 6.45) is 0. The molecule has 2 rings (SSSR count). The maximum absolute atomic E-state index is 13.0. The SMILES string of the molecule is CC(c1cccs1)N(C)CC(=O)NCCOc1cccc(F)c1. The number of likely N-dealkylation sites (N-methyl/N-ethyl adjacent to an activating group) is 1. The van der Waals surface area contributed by atoms with E-state index in [0.717, 1.165) is 0 Å². The van der Waals surface area contributed by atoms with E-state index in [4.69, 9.17) is 4.74 Å². The van der Waals surface area contributed by atoms with Crippen LogP contribution in [0.1, 0.15) is 17.8 Å². The zero-order valence-electron chi connectivity index (χ0n) is 13.3. The molecule has 0 fully saturated rings. The van der Waals surface area contributed by atoms with Crippen molar-refractivity contribution in [1.29, 1.82) is 0 Å². The van der Waals surface area contributed by atoms with Crippen LogP contribution in [0.25, 0.3) is 0 Å². The van der Waals surface area contributed by atoms with Gasteiger partial charge in [-0.3, -0.25) is 9.69 Å². The van der Waals surface area contributed by atoms with E-state index in [1.54, 1.807) is 23.5 Å². The van der Waals surface area contributed by atoms with Crippen LogP contribution in [-0.2, 0) is 4.79 Å². The minimum atomic E-state index is -0.337. The molecule has 0 spiro atoms. The van der Waals surface area contributed by atoms with Crippen LogP contribution in [0.4, 0.5) is 4.39 Å². The number of rotatable bonds is 8. The van der Waals surface area contributed by atoms with Crippen molar-refractivity contribution in [3.63, 3.8) is 0 Å². The molecular formula is C17H21FN2O2S. The highest BCUT2D eigenvalue weighted by Gasteiger charge is 2.15. The van der Waals surface area contributed by atoms with Crippen LogP contribution in [0.3, 0.4) is 0 Å². The first-order chi connectivity index (χ1) is 11.1. The van der Waals surface area contributed by atoms with Crippen LogP contribution >= 0.6 is 11.3 Å². The van der Waals surface area contributed by atoms with Crippen LogP contribution in [0.5, 0.6) is 5.75 Å². The van der Waals surface area contributed by atoms with Gasteiger partial charge in [-0.05, 0) is 37.6 Å². The number of carbonyl (C=O) groups excluding carboxylic acids is 1. The van der Waals surface area contributed by atoms with Gasteiger partial charge in [-0.15, -0.1) is 11.3 Å². The minimum Gasteiger partial charge on any atom is -0.492 e. The normalized spacial score (nSPS) is 12.2. The monoisotopic (exact) mass is 336 g/mol. The van der Waals surface area contributed by atoms with Gasteiger partial charge < -0.3 is 10.1 Å². The number of thiophene rings is 1. The van der Waals surface area contributed by atoms with Gasteiger partial charge >= 0.3 is 0 Å². The standard InChI is InChI=1S/C17H21FN2O2S/c1-13(16-7-4-10-23-16)20(2)12-17(21)19-8-9-22-15-6-3-5-14(18)11-15/h3-7,10-11,13H,8-9,12H2,1-2H3,(H,19,21). The fourth-order valence-corrected chi connectivity index (χ4v) is 2.93. The van der Waals surface area contributed by atoms with Crippen molar-refractivity contribution in [2.75, 3.05) is 26.7 Å². The topological polar surface area (TPSA) is 41.6 Å². The molecule has 1 aromatic carbocycles. The summed E-state index contributed by atoms with van der Waals surface area (Å²) in [4.78, 5) is 15.2. The highest BCUT2D eigenvalue weighted by atomic mass is 32.1. The third kappa shape index (κ3) is 5.65. The molecule has 1 atom stereocenters. The molecule has 1 N–H and O–H groups in total. The second-order valence-corrected chi connectivity index (χ2v) is 6.24. The third-order valence-electron chi connectivity index (χ3n) is 3.50. The lowest BCUT2D eigenvalue weighted by Gasteiger charge is -2.23. The zero-order valence-corrected chi connectivity index (χ0v) is 14.1. The Balaban J connectivity index is 1.67. The zero-order chi connectivity index (χ0) is 16.7. The lowest BCUT2D eigenvalue weighted by Crippen LogP contribution is -2.37. The second-order valence-electron chi connectivity index (χ2n) is 5.26. The molecule has 1 amide bonds. The Labute approximate surface area is 139 Å². The Kier molecular flexibility index (Phi) is 6.55. The van der Waals surface area contributed by atoms with E-state index in [1.165, 1.54) is 17.0 Å². The molecule has 0 aliphatic rings. The van der Waals surface area contributed by atoms with Crippen molar-refractivity contribution in [1.82, 2.24) is 10.2 Å². The quantitative estimate of drug-likeness (QED) is 0.753. The van der Waals surface area contributed by atoms with Crippen LogP contribution in [0.2, 0.25) is 0 Å². The summed E-state index contributed by atoms with van der Waals surface area (Å²) in [5, 5.41) is 4.83. The van der Waals surface area contributed by atoms with Gasteiger partial charge in [0.15, 0.2) is 0 Å². The molecule has 0 saturated heterocycles. The second kappa shape index (κ2) is 8.64. The van der Waals surface area contributed by atoms with E-state index in [-0.39, 0.29) is 17.8 Å². The largest absolute Gasteiger partial charge is 0.492 e. The Morgan fingerprint density at radius 1 is 1.39 bits per heavy atom. The van der Waals surface area contributed by atoms with Crippen LogP contribution < -0.4 is 10.1 Å². The number of hydrogen-bond donors (Lipinski definition) is 1. The molecule has 1 unspecified atom stereocenters. The number of nitrogens with zero attached hydrogens (tertiary/aromatic N) is 1. The van der Waals surface area contributed by atoms with Crippen molar-refractivity contribution in [3.05, 3.63) is 52.5 Å². The van der Waals surface area contributed by atoms with Gasteiger partial charge in [0.25, 0.3) is 0 Å². The molecule has 6 heteroatoms. The molecule has 23 heavy (non-hydrogen) atoms. The molecule has 0 aliphatic carbocycles. The van der Waals surface area contributed by atoms with Gasteiger partial charge in [0, 0.05) is 17.0 Å². The van der Waals surface area contributed by atoms with E-state index < -0.39 is 0 Å². The molecular weight excluding hydrogens is 315 g/mol. The Bertz CT molecular complexity index is 619. The van der Waals surface area contributed by atoms with Gasteiger partial charge in [-0.1, -0.05) is 12.1 Å². The highest BCUT2D eigenvalue weighted by molar-refractivity contribution is 7.10. The van der Waals surface area contributed by atoms with E-state index >= 15 is 0 Å². The molecule has 0 aliphatic heterocycles. The van der Waals surface area contributed by atoms with E-state index in [9.17, 15) is 9.18 Å². The molecule has 0 radical (unpaired) electrons. The first kappa shape index (κ1) is 17.4. The van der Waals surface area contributed by atoms with Gasteiger partial charge in [0.2, 0.25) is 5.91 Å². The smallest absolute Gasteiger partial charge is 0.234 e. The number of hydrogen-bond acceptors (Lipinski definition) is 4. The average Bonchev–Trinajstić information content (AvgIpc) is 3.05. The van der Waals surface area contributed by atoms with E-state index in [0.29, 0.717) is 25.4 Å². The van der Waals surface area contributed by atoms with Crippen LogP contribution in [0.15, 0.2) is 41.8 Å². The molecule has 2 aromatic rings. The summed E-state index contributed by atoms with van der Waals surface area (Å²) < 4.78 is 18.4. The number of halogens is 1. The average molecular weight is 336 g/mol. The van der Waals surface area contributed by atoms with Crippen molar-refractivity contribution < 1.29 is 13.9 Å². The maximum atomic E-state index is 13.0. The third-order valence-corrected chi connectivity index (χ3v) is 4.54. The fraction of sp³-hybridized carbons (Fsp3) is 0.353. The van der Waals surface area contributed by atoms with Gasteiger partial charge in [-0.2, -0.15) is 0 Å². The predicted molar refractivity (Wildman–Crippen MR) is 90.3 cm³/mol. The summed E-state index contributed by atoms with van der Waals surface area (Å²) in [7, 11) is 1.92. The molecule has 1 aromatic heterocycles. The number of carbonyl (C=O) groups is 1. The molecule has 0 bridgehead atoms. The first-order valence-electron chi connectivity index (χ1n) is 7.45. The molecule has 1 heterocycles. The molecule has 124 valence electrons. The van der Waals surface area contributed by atoms with E-state index in [1.807, 2.05) is 23.4 Å². The van der Waals surface area contributed by atoms with Crippen molar-refractivity contribution in [2.45, 2.75) is 13.0 Å². The van der Waals surface area contributed by atoms with Crippen molar-refractivity contribution in [3.8, 4) is 5.75 Å². The summed E-state index contributed by atoms with van der Waals surface area (Å²) in [6, 6.07) is 10.2. The number of nitrogens with one attached hydrogen (secondary N) is 1. The highest BCUT2D eigenvalue weighted by Crippen LogP contribution is 2.22. The number of ether oxygens (including phenoxy) is 1. The predicted octanol–water partition coefficient (Wildman–Crippen LogP) is 3.08. The summed E-state index contributed by atoms with van der Waals surface area (Å²) in [5.74, 6) is 0.0668. The van der Waals surface area contributed by atoms with Crippen LogP contribution in [-0.4, -0.2) is 37.6 Å². The summed E-state index contributed by atoms with van der Waals surface area (Å²) in [5.41, 5.74) is 0. The molecule has 4 nitrogen and oxygen atoms in total. The minimum absolute atomic E-state index is 0.0567. The van der Waals surface area contributed by atoms with Crippen molar-refractivity contribution >= 4 is 17.2 Å². The Hall–Kier alpha value is -1.92. The van der Waals surface area contributed by atoms with E-state index in [2.05, 4.69) is 18.3 Å². The Morgan fingerprint density at radius 2 is 2.22 bits per heavy atom. The number of benzene rings is 1. The lowest BCUT2D eigenvalue weighted by atomic mass is 10.2. The fourth-order valence-electron chi connectivity index (χ4n) is 2.08. The maximum Gasteiger partial charge on any atom is 0.234 e. The molecule has 0 saturated carbocycles. The number of amides is 1. The summed E-state index contributed by atoms with van der Waals surface area (Å²) in [6.45, 7) is 3.08. The first-order valence-corrected chi connectivity index (χ1v) is 8.33. The Morgan fingerprint density at radius 3 is 2.91 bits per heavy atom. The van der Waals surface area contributed by atoms with Gasteiger partial charge in [-0.25, -0.2) is 4.39 Å². The van der Waals surface area contributed by atoms with Gasteiger partial charge in [0.1, 0.15) is 18.2 Å². The van der Waals surface area contributed by atoms with Crippen LogP contribution in [0, 0.1) is 5.82 Å². The summed E-state index contributed by atoms with van der Waals surface area (Å²) >= 11 is 1.68.